The Hall–Kier alpha value is -1.01. The van der Waals surface area contributed by atoms with Crippen LogP contribution in [0.3, 0.4) is 0 Å². The molecule has 3 unspecified atom stereocenters. The van der Waals surface area contributed by atoms with Gasteiger partial charge in [-0.3, -0.25) is 9.35 Å². The summed E-state index contributed by atoms with van der Waals surface area (Å²) < 4.78 is 99.7. The fraction of sp³-hybridized carbons (Fsp3) is 0.923. The fourth-order valence-electron chi connectivity index (χ4n) is 3.35. The van der Waals surface area contributed by atoms with Gasteiger partial charge in [-0.15, -0.1) is 0 Å². The number of carbonyl (C=O) groups is 1. The summed E-state index contributed by atoms with van der Waals surface area (Å²) in [5.41, 5.74) is -2.92. The lowest BCUT2D eigenvalue weighted by atomic mass is 9.87. The molecule has 2 fully saturated rings. The van der Waals surface area contributed by atoms with Crippen LogP contribution in [0.1, 0.15) is 34.1 Å². The number of hydrogen-bond donors (Lipinski definition) is 2. The highest BCUT2D eigenvalue weighted by atomic mass is 32.2. The average molecular weight is 395 g/mol. The number of alkyl halides is 5. The van der Waals surface area contributed by atoms with Crippen molar-refractivity contribution in [3.8, 4) is 0 Å². The minimum Gasteiger partial charge on any atom is -0.444 e. The molecule has 3 atom stereocenters. The molecule has 0 aromatic carbocycles. The topological polar surface area (TPSA) is 103 Å². The molecular formula is C13H18F5NO5S. The lowest BCUT2D eigenvalue weighted by Gasteiger charge is -2.29. The first-order valence-corrected chi connectivity index (χ1v) is 8.65. The SMILES string of the molecule is CC1(C)NC1C1(C(=O)OC(C(F)(F)F)C(F)(F)S(=O)(=O)O)CC1(C)C. The summed E-state index contributed by atoms with van der Waals surface area (Å²) in [7, 11) is -6.46. The van der Waals surface area contributed by atoms with Crippen molar-refractivity contribution >= 4 is 16.1 Å². The van der Waals surface area contributed by atoms with Crippen molar-refractivity contribution in [1.29, 1.82) is 0 Å². The van der Waals surface area contributed by atoms with Gasteiger partial charge in [0.05, 0.1) is 5.41 Å². The molecule has 25 heavy (non-hydrogen) atoms. The second-order valence-electron chi connectivity index (χ2n) is 7.69. The number of nitrogens with one attached hydrogen (secondary N) is 1. The van der Waals surface area contributed by atoms with Gasteiger partial charge >= 0.3 is 27.5 Å². The number of rotatable bonds is 5. The predicted octanol–water partition coefficient (Wildman–Crippen LogP) is 2.11. The largest absolute Gasteiger partial charge is 0.444 e. The van der Waals surface area contributed by atoms with Gasteiger partial charge in [0, 0.05) is 11.6 Å². The molecule has 12 heteroatoms. The number of esters is 1. The number of hydrogen-bond acceptors (Lipinski definition) is 5. The van der Waals surface area contributed by atoms with Gasteiger partial charge in [0.2, 0.25) is 0 Å². The third-order valence-corrected chi connectivity index (χ3v) is 5.89. The summed E-state index contributed by atoms with van der Waals surface area (Å²) in [6.45, 7) is 6.48. The Morgan fingerprint density at radius 2 is 1.60 bits per heavy atom. The van der Waals surface area contributed by atoms with E-state index in [1.54, 1.807) is 27.7 Å². The van der Waals surface area contributed by atoms with E-state index in [9.17, 15) is 35.2 Å². The van der Waals surface area contributed by atoms with Gasteiger partial charge in [0.25, 0.3) is 6.10 Å². The first-order chi connectivity index (χ1) is 10.8. The molecule has 1 heterocycles. The van der Waals surface area contributed by atoms with E-state index in [0.29, 0.717) is 0 Å². The standard InChI is InChI=1S/C13H18F5NO5S/c1-9(2)5-11(9,6-10(3,4)19-6)8(20)24-7(12(14,15)16)13(17,18)25(21,22)23/h6-7,19H,5H2,1-4H3,(H,21,22,23). The van der Waals surface area contributed by atoms with Gasteiger partial charge in [0.1, 0.15) is 0 Å². The minimum atomic E-state index is -6.46. The van der Waals surface area contributed by atoms with E-state index in [2.05, 4.69) is 10.1 Å². The van der Waals surface area contributed by atoms with E-state index in [0.717, 1.165) is 0 Å². The normalized spacial score (nSPS) is 32.0. The van der Waals surface area contributed by atoms with Crippen LogP contribution in [0.2, 0.25) is 0 Å². The third kappa shape index (κ3) is 3.01. The van der Waals surface area contributed by atoms with Crippen molar-refractivity contribution < 1.29 is 44.5 Å². The third-order valence-electron chi connectivity index (χ3n) is 4.99. The van der Waals surface area contributed by atoms with E-state index in [4.69, 9.17) is 4.55 Å². The second-order valence-corrected chi connectivity index (χ2v) is 9.19. The van der Waals surface area contributed by atoms with Crippen molar-refractivity contribution in [2.75, 3.05) is 0 Å². The molecule has 146 valence electrons. The maximum absolute atomic E-state index is 13.6. The van der Waals surface area contributed by atoms with Crippen molar-refractivity contribution in [1.82, 2.24) is 5.32 Å². The van der Waals surface area contributed by atoms with Crippen molar-refractivity contribution in [3.05, 3.63) is 0 Å². The van der Waals surface area contributed by atoms with Crippen LogP contribution in [0.4, 0.5) is 22.0 Å². The van der Waals surface area contributed by atoms with E-state index in [1.165, 1.54) is 0 Å². The van der Waals surface area contributed by atoms with E-state index >= 15 is 0 Å². The molecule has 2 N–H and O–H groups in total. The van der Waals surface area contributed by atoms with Crippen LogP contribution in [-0.4, -0.2) is 48.1 Å². The minimum absolute atomic E-state index is 0.0853. The van der Waals surface area contributed by atoms with Gasteiger partial charge in [-0.05, 0) is 25.7 Å². The molecule has 0 aromatic heterocycles. The maximum Gasteiger partial charge on any atom is 0.432 e. The zero-order chi connectivity index (χ0) is 19.9. The summed E-state index contributed by atoms with van der Waals surface area (Å²) >= 11 is 0. The van der Waals surface area contributed by atoms with Crippen molar-refractivity contribution in [3.63, 3.8) is 0 Å². The Labute approximate surface area is 140 Å². The molecule has 1 aliphatic carbocycles. The lowest BCUT2D eigenvalue weighted by molar-refractivity contribution is -0.261. The molecule has 0 bridgehead atoms. The molecule has 0 spiro atoms. The summed E-state index contributed by atoms with van der Waals surface area (Å²) in [4.78, 5) is 12.4. The highest BCUT2D eigenvalue weighted by Gasteiger charge is 2.79. The molecule has 0 radical (unpaired) electrons. The Morgan fingerprint density at radius 3 is 1.84 bits per heavy atom. The van der Waals surface area contributed by atoms with Crippen LogP contribution in [-0.2, 0) is 19.6 Å². The number of halogens is 5. The van der Waals surface area contributed by atoms with Crippen LogP contribution < -0.4 is 5.32 Å². The Balaban J connectivity index is 2.36. The van der Waals surface area contributed by atoms with Gasteiger partial charge in [0.15, 0.2) is 0 Å². The second kappa shape index (κ2) is 5.03. The molecule has 2 aliphatic rings. The first kappa shape index (κ1) is 20.3. The first-order valence-electron chi connectivity index (χ1n) is 7.21. The molecule has 2 rings (SSSR count). The van der Waals surface area contributed by atoms with Crippen LogP contribution in [0.15, 0.2) is 0 Å². The highest BCUT2D eigenvalue weighted by Crippen LogP contribution is 2.70. The fourth-order valence-corrected chi connectivity index (χ4v) is 3.81. The highest BCUT2D eigenvalue weighted by molar-refractivity contribution is 7.86. The zero-order valence-corrected chi connectivity index (χ0v) is 14.6. The molecule has 0 aromatic rings. The van der Waals surface area contributed by atoms with Gasteiger partial charge in [-0.25, -0.2) is 0 Å². The Kier molecular flexibility index (Phi) is 4.09. The molecule has 1 aliphatic heterocycles. The van der Waals surface area contributed by atoms with Crippen LogP contribution in [0.5, 0.6) is 0 Å². The Morgan fingerprint density at radius 1 is 1.20 bits per heavy atom. The summed E-state index contributed by atoms with van der Waals surface area (Å²) in [6.07, 6.45) is -10.1. The number of carbonyl (C=O) groups excluding carboxylic acids is 1. The molecular weight excluding hydrogens is 377 g/mol. The van der Waals surface area contributed by atoms with Crippen molar-refractivity contribution in [2.24, 2.45) is 10.8 Å². The van der Waals surface area contributed by atoms with Crippen LogP contribution >= 0.6 is 0 Å². The summed E-state index contributed by atoms with van der Waals surface area (Å²) in [5, 5.41) is -2.84. The zero-order valence-electron chi connectivity index (χ0n) is 13.7. The molecule has 6 nitrogen and oxygen atoms in total. The average Bonchev–Trinajstić information content (AvgIpc) is 3.16. The summed E-state index contributed by atoms with van der Waals surface area (Å²) in [6, 6.07) is -0.601. The van der Waals surface area contributed by atoms with E-state index < -0.39 is 56.0 Å². The quantitative estimate of drug-likeness (QED) is 0.320. The maximum atomic E-state index is 13.6. The van der Waals surface area contributed by atoms with E-state index in [1.807, 2.05) is 0 Å². The predicted molar refractivity (Wildman–Crippen MR) is 74.3 cm³/mol. The van der Waals surface area contributed by atoms with Crippen LogP contribution in [0.25, 0.3) is 0 Å². The van der Waals surface area contributed by atoms with Crippen molar-refractivity contribution in [2.45, 2.75) is 63.2 Å². The van der Waals surface area contributed by atoms with E-state index in [-0.39, 0.29) is 6.42 Å². The smallest absolute Gasteiger partial charge is 0.432 e. The number of ether oxygens (including phenoxy) is 1. The van der Waals surface area contributed by atoms with Gasteiger partial charge < -0.3 is 10.1 Å². The lowest BCUT2D eigenvalue weighted by Crippen LogP contribution is -2.53. The van der Waals surface area contributed by atoms with Gasteiger partial charge in [-0.1, -0.05) is 13.8 Å². The Bertz CT molecular complexity index is 702. The van der Waals surface area contributed by atoms with Gasteiger partial charge in [-0.2, -0.15) is 30.4 Å². The summed E-state index contributed by atoms with van der Waals surface area (Å²) in [5.74, 6) is -1.58. The molecule has 0 amide bonds. The molecule has 1 saturated carbocycles. The van der Waals surface area contributed by atoms with Crippen LogP contribution in [0, 0.1) is 10.8 Å². The molecule has 1 saturated heterocycles. The monoisotopic (exact) mass is 395 g/mol.